The van der Waals surface area contributed by atoms with Gasteiger partial charge in [-0.2, -0.15) is 5.26 Å². The average molecular weight is 763 g/mol. The number of hydrogen-bond acceptors (Lipinski definition) is 10. The Kier molecular flexibility index (Phi) is 10.1. The van der Waals surface area contributed by atoms with Crippen molar-refractivity contribution in [2.45, 2.75) is 95.2 Å². The molecule has 1 unspecified atom stereocenters. The molecular formula is C41H43ClN8O5. The van der Waals surface area contributed by atoms with Crippen molar-refractivity contribution >= 4 is 46.8 Å². The number of pyridine rings is 1. The molecule has 1 aliphatic carbocycles. The van der Waals surface area contributed by atoms with Crippen LogP contribution in [0.3, 0.4) is 0 Å². The first-order valence-electron chi connectivity index (χ1n) is 19.1. The first kappa shape index (κ1) is 36.8. The van der Waals surface area contributed by atoms with Crippen molar-refractivity contribution in [2.75, 3.05) is 25.0 Å². The summed E-state index contributed by atoms with van der Waals surface area (Å²) >= 11 is 6.26. The average Bonchev–Trinajstić information content (AvgIpc) is 3.71. The third-order valence-electron chi connectivity index (χ3n) is 12.1. The SMILES string of the molecule is CN(c1ccc(C#N)c(Cl)c1)C1CCC(NC(=O)c2ccc(CN3CCC(N4Cc5cc6c(cc5C4)C(=O)N(C4CCC(=O)NC4=O)C6=O)CC3)cn2)CC1. The maximum absolute atomic E-state index is 13.3. The topological polar surface area (TPSA) is 159 Å². The van der Waals surface area contributed by atoms with Gasteiger partial charge in [0.2, 0.25) is 11.8 Å². The normalized spacial score (nSPS) is 23.3. The molecular weight excluding hydrogens is 720 g/mol. The molecule has 3 aromatic rings. The monoisotopic (exact) mass is 762 g/mol. The fourth-order valence-electron chi connectivity index (χ4n) is 8.90. The standard InChI is InChI=1S/C41H43ClN8O5/c1-47(31-6-3-25(19-43)34(42)18-31)29-7-4-28(5-8-29)45-38(52)35-9-2-24(20-44-35)21-48-14-12-30(13-15-48)49-22-26-16-32-33(17-27(26)23-49)41(55)50(40(32)54)36-10-11-37(51)46-39(36)53/h2-3,6,9,16-18,20,28-30,36H,4-5,7-8,10-15,21-23H2,1H3,(H,45,52)(H,46,51,53). The van der Waals surface area contributed by atoms with Crippen LogP contribution in [0.1, 0.15) is 105 Å². The van der Waals surface area contributed by atoms with E-state index in [1.165, 1.54) is 0 Å². The number of nitrogens with one attached hydrogen (secondary N) is 2. The molecule has 5 aliphatic rings. The second kappa shape index (κ2) is 15.2. The zero-order chi connectivity index (χ0) is 38.4. The zero-order valence-corrected chi connectivity index (χ0v) is 31.5. The third kappa shape index (κ3) is 7.34. The van der Waals surface area contributed by atoms with Crippen LogP contribution in [-0.2, 0) is 29.2 Å². The number of halogens is 1. The number of piperidine rings is 2. The van der Waals surface area contributed by atoms with Crippen molar-refractivity contribution in [1.29, 1.82) is 5.26 Å². The second-order valence-electron chi connectivity index (χ2n) is 15.4. The molecule has 0 bridgehead atoms. The smallest absolute Gasteiger partial charge is 0.270 e. The predicted molar refractivity (Wildman–Crippen MR) is 203 cm³/mol. The maximum atomic E-state index is 13.3. The molecule has 0 spiro atoms. The van der Waals surface area contributed by atoms with E-state index in [9.17, 15) is 29.2 Å². The summed E-state index contributed by atoms with van der Waals surface area (Å²) in [6.07, 6.45) is 7.62. The van der Waals surface area contributed by atoms with Crippen molar-refractivity contribution in [1.82, 2.24) is 30.3 Å². The molecule has 13 nitrogen and oxygen atoms in total. The number of carbonyl (C=O) groups excluding carboxylic acids is 5. The van der Waals surface area contributed by atoms with Gasteiger partial charge in [0.05, 0.1) is 21.7 Å². The highest BCUT2D eigenvalue weighted by molar-refractivity contribution is 6.32. The van der Waals surface area contributed by atoms with E-state index >= 15 is 0 Å². The number of imide groups is 2. The lowest BCUT2D eigenvalue weighted by molar-refractivity contribution is -0.136. The molecule has 1 aromatic heterocycles. The Morgan fingerprint density at radius 3 is 2.24 bits per heavy atom. The van der Waals surface area contributed by atoms with Crippen molar-refractivity contribution in [2.24, 2.45) is 0 Å². The molecule has 3 fully saturated rings. The van der Waals surface area contributed by atoms with E-state index < -0.39 is 23.8 Å². The van der Waals surface area contributed by atoms with E-state index in [2.05, 4.69) is 36.4 Å². The lowest BCUT2D eigenvalue weighted by Gasteiger charge is -2.36. The van der Waals surface area contributed by atoms with Crippen LogP contribution in [0, 0.1) is 11.3 Å². The minimum Gasteiger partial charge on any atom is -0.372 e. The number of carbonyl (C=O) groups is 5. The molecule has 1 saturated carbocycles. The number of benzene rings is 2. The Hall–Kier alpha value is -5.16. The van der Waals surface area contributed by atoms with Crippen LogP contribution in [0.15, 0.2) is 48.7 Å². The summed E-state index contributed by atoms with van der Waals surface area (Å²) in [6.45, 7) is 4.00. The highest BCUT2D eigenvalue weighted by Crippen LogP contribution is 2.35. The molecule has 8 rings (SSSR count). The molecule has 2 saturated heterocycles. The highest BCUT2D eigenvalue weighted by Gasteiger charge is 2.45. The second-order valence-corrected chi connectivity index (χ2v) is 15.9. The van der Waals surface area contributed by atoms with Gasteiger partial charge in [0.1, 0.15) is 17.8 Å². The molecule has 0 radical (unpaired) electrons. The highest BCUT2D eigenvalue weighted by atomic mass is 35.5. The molecule has 1 atom stereocenters. The van der Waals surface area contributed by atoms with Gasteiger partial charge >= 0.3 is 0 Å². The fraction of sp³-hybridized carbons (Fsp3) is 0.439. The number of amides is 5. The van der Waals surface area contributed by atoms with Crippen LogP contribution in [-0.4, -0.2) is 93.5 Å². The van der Waals surface area contributed by atoms with Crippen LogP contribution in [0.25, 0.3) is 0 Å². The molecule has 5 amide bonds. The van der Waals surface area contributed by atoms with Gasteiger partial charge in [-0.15, -0.1) is 0 Å². The fourth-order valence-corrected chi connectivity index (χ4v) is 9.11. The lowest BCUT2D eigenvalue weighted by atomic mass is 9.90. The number of nitriles is 1. The largest absolute Gasteiger partial charge is 0.372 e. The van der Waals surface area contributed by atoms with Gasteiger partial charge in [-0.05, 0) is 111 Å². The zero-order valence-electron chi connectivity index (χ0n) is 30.7. The van der Waals surface area contributed by atoms with Crippen molar-refractivity contribution in [3.8, 4) is 6.07 Å². The molecule has 284 valence electrons. The lowest BCUT2D eigenvalue weighted by Crippen LogP contribution is -2.54. The Bertz CT molecular complexity index is 2060. The number of hydrogen-bond donors (Lipinski definition) is 2. The van der Waals surface area contributed by atoms with Crippen molar-refractivity contribution in [3.63, 3.8) is 0 Å². The van der Waals surface area contributed by atoms with Crippen LogP contribution >= 0.6 is 11.6 Å². The van der Waals surface area contributed by atoms with Crippen LogP contribution < -0.4 is 15.5 Å². The molecule has 5 heterocycles. The van der Waals surface area contributed by atoms with E-state index in [0.717, 1.165) is 85.4 Å². The molecule has 2 N–H and O–H groups in total. The van der Waals surface area contributed by atoms with Crippen LogP contribution in [0.5, 0.6) is 0 Å². The maximum Gasteiger partial charge on any atom is 0.270 e. The van der Waals surface area contributed by atoms with E-state index in [0.29, 0.717) is 52.6 Å². The summed E-state index contributed by atoms with van der Waals surface area (Å²) in [5, 5.41) is 15.1. The summed E-state index contributed by atoms with van der Waals surface area (Å²) in [7, 11) is 2.05. The number of rotatable bonds is 8. The Morgan fingerprint density at radius 1 is 0.945 bits per heavy atom. The van der Waals surface area contributed by atoms with Crippen LogP contribution in [0.4, 0.5) is 5.69 Å². The van der Waals surface area contributed by atoms with Gasteiger partial charge in [0.25, 0.3) is 17.7 Å². The van der Waals surface area contributed by atoms with Gasteiger partial charge in [-0.3, -0.25) is 49.0 Å². The Morgan fingerprint density at radius 2 is 1.64 bits per heavy atom. The number of fused-ring (bicyclic) bond motifs is 2. The quantitative estimate of drug-likeness (QED) is 0.319. The van der Waals surface area contributed by atoms with E-state index in [1.54, 1.807) is 12.3 Å². The van der Waals surface area contributed by atoms with Crippen molar-refractivity contribution in [3.05, 3.63) is 92.8 Å². The summed E-state index contributed by atoms with van der Waals surface area (Å²) in [5.74, 6) is -2.08. The van der Waals surface area contributed by atoms with Gasteiger partial charge in [-0.25, -0.2) is 0 Å². The molecule has 55 heavy (non-hydrogen) atoms. The van der Waals surface area contributed by atoms with Gasteiger partial charge in [0, 0.05) is 63.1 Å². The molecule has 14 heteroatoms. The number of anilines is 1. The van der Waals surface area contributed by atoms with Gasteiger partial charge in [-0.1, -0.05) is 17.7 Å². The number of aromatic nitrogens is 1. The minimum atomic E-state index is -0.964. The van der Waals surface area contributed by atoms with Gasteiger partial charge in [0.15, 0.2) is 0 Å². The summed E-state index contributed by atoms with van der Waals surface area (Å²) in [5.41, 5.74) is 5.66. The van der Waals surface area contributed by atoms with Crippen molar-refractivity contribution < 1.29 is 24.0 Å². The van der Waals surface area contributed by atoms with Crippen LogP contribution in [0.2, 0.25) is 5.02 Å². The molecule has 4 aliphatic heterocycles. The Balaban J connectivity index is 0.784. The predicted octanol–water partition coefficient (Wildman–Crippen LogP) is 4.17. The van der Waals surface area contributed by atoms with E-state index in [1.807, 2.05) is 43.4 Å². The number of likely N-dealkylation sites (tertiary alicyclic amines) is 1. The molecule has 2 aromatic carbocycles. The summed E-state index contributed by atoms with van der Waals surface area (Å²) in [4.78, 5) is 76.3. The number of nitrogens with zero attached hydrogens (tertiary/aromatic N) is 6. The summed E-state index contributed by atoms with van der Waals surface area (Å²) in [6, 6.07) is 14.9. The summed E-state index contributed by atoms with van der Waals surface area (Å²) < 4.78 is 0. The first-order valence-corrected chi connectivity index (χ1v) is 19.5. The first-order chi connectivity index (χ1) is 26.6. The minimum absolute atomic E-state index is 0.0918. The Labute approximate surface area is 324 Å². The van der Waals surface area contributed by atoms with Gasteiger partial charge < -0.3 is 10.2 Å². The van der Waals surface area contributed by atoms with E-state index in [-0.39, 0.29) is 30.7 Å². The van der Waals surface area contributed by atoms with E-state index in [4.69, 9.17) is 11.6 Å². The third-order valence-corrected chi connectivity index (χ3v) is 12.4.